The Balaban J connectivity index is 1.46. The van der Waals surface area contributed by atoms with Crippen LogP contribution < -0.4 is 10.1 Å². The van der Waals surface area contributed by atoms with E-state index >= 15 is 0 Å². The molecule has 2 heterocycles. The minimum Gasteiger partial charge on any atom is -0.424 e. The van der Waals surface area contributed by atoms with Crippen molar-refractivity contribution < 1.29 is 13.9 Å². The molecular formula is C23H19FN4O2S. The maximum Gasteiger partial charge on any atom is 0.322 e. The fourth-order valence-electron chi connectivity index (χ4n) is 2.96. The Morgan fingerprint density at radius 3 is 2.23 bits per heavy atom. The summed E-state index contributed by atoms with van der Waals surface area (Å²) < 4.78 is 18.8. The molecule has 0 saturated heterocycles. The average molecular weight is 434 g/mol. The van der Waals surface area contributed by atoms with Gasteiger partial charge in [0.05, 0.1) is 5.69 Å². The first-order valence-corrected chi connectivity index (χ1v) is 10.3. The van der Waals surface area contributed by atoms with E-state index in [1.54, 1.807) is 43.3 Å². The molecule has 0 saturated carbocycles. The Labute approximate surface area is 182 Å². The number of hydrogen-bond acceptors (Lipinski definition) is 6. The lowest BCUT2D eigenvalue weighted by Gasteiger charge is -2.07. The van der Waals surface area contributed by atoms with Gasteiger partial charge in [0, 0.05) is 22.6 Å². The van der Waals surface area contributed by atoms with E-state index in [-0.39, 0.29) is 17.7 Å². The van der Waals surface area contributed by atoms with Gasteiger partial charge in [-0.15, -0.1) is 11.3 Å². The lowest BCUT2D eigenvalue weighted by atomic mass is 10.2. The Morgan fingerprint density at radius 1 is 0.935 bits per heavy atom. The third kappa shape index (κ3) is 4.92. The van der Waals surface area contributed by atoms with E-state index in [1.807, 2.05) is 19.9 Å². The number of carbonyl (C=O) groups excluding carboxylic acids is 1. The largest absolute Gasteiger partial charge is 0.424 e. The first-order chi connectivity index (χ1) is 14.9. The predicted molar refractivity (Wildman–Crippen MR) is 118 cm³/mol. The van der Waals surface area contributed by atoms with Crippen LogP contribution >= 0.6 is 11.3 Å². The summed E-state index contributed by atoms with van der Waals surface area (Å²) in [5, 5.41) is 3.53. The van der Waals surface area contributed by atoms with E-state index in [0.29, 0.717) is 27.0 Å². The Kier molecular flexibility index (Phi) is 5.73. The zero-order chi connectivity index (χ0) is 22.0. The fraction of sp³-hybridized carbons (Fsp3) is 0.130. The average Bonchev–Trinajstić information content (AvgIpc) is 3.11. The van der Waals surface area contributed by atoms with Gasteiger partial charge in [-0.1, -0.05) is 0 Å². The molecule has 0 aliphatic heterocycles. The number of aromatic nitrogens is 3. The zero-order valence-electron chi connectivity index (χ0n) is 17.1. The van der Waals surface area contributed by atoms with Crippen LogP contribution in [0.1, 0.15) is 26.8 Å². The van der Waals surface area contributed by atoms with E-state index < -0.39 is 0 Å². The third-order valence-corrected chi connectivity index (χ3v) is 5.58. The molecule has 0 radical (unpaired) electrons. The van der Waals surface area contributed by atoms with Crippen LogP contribution in [0.25, 0.3) is 10.6 Å². The number of benzene rings is 2. The van der Waals surface area contributed by atoms with Gasteiger partial charge in [0.15, 0.2) is 0 Å². The monoisotopic (exact) mass is 434 g/mol. The molecule has 1 amide bonds. The number of thiazole rings is 1. The lowest BCUT2D eigenvalue weighted by molar-refractivity contribution is 0.103. The predicted octanol–water partition coefficient (Wildman–Crippen LogP) is 5.71. The standard InChI is InChI=1S/C23H19FN4O2S/c1-13-12-14(2)26-23(25-13)30-19-10-8-18(9-11-19)28-21(29)20-15(3)27-22(31-20)16-4-6-17(24)7-5-16/h4-12H,1-3H3,(H,28,29). The minimum atomic E-state index is -0.313. The number of hydrogen-bond donors (Lipinski definition) is 1. The summed E-state index contributed by atoms with van der Waals surface area (Å²) in [6.07, 6.45) is 0. The SMILES string of the molecule is Cc1cc(C)nc(Oc2ccc(NC(=O)c3sc(-c4ccc(F)cc4)nc3C)cc2)n1. The number of ether oxygens (including phenoxy) is 1. The second kappa shape index (κ2) is 8.61. The van der Waals surface area contributed by atoms with Crippen LogP contribution in [0.2, 0.25) is 0 Å². The Morgan fingerprint density at radius 2 is 1.58 bits per heavy atom. The Bertz CT molecular complexity index is 1220. The molecule has 0 aliphatic rings. The molecule has 31 heavy (non-hydrogen) atoms. The summed E-state index contributed by atoms with van der Waals surface area (Å²) >= 11 is 1.27. The summed E-state index contributed by atoms with van der Waals surface area (Å²) in [6.45, 7) is 5.53. The summed E-state index contributed by atoms with van der Waals surface area (Å²) in [5.74, 6) is -0.00300. The van der Waals surface area contributed by atoms with Crippen LogP contribution in [0.5, 0.6) is 11.8 Å². The summed E-state index contributed by atoms with van der Waals surface area (Å²) in [6, 6.07) is 15.1. The van der Waals surface area contributed by atoms with Crippen LogP contribution in [-0.2, 0) is 0 Å². The van der Waals surface area contributed by atoms with Gasteiger partial charge in [-0.05, 0) is 75.4 Å². The number of nitrogens with zero attached hydrogens (tertiary/aromatic N) is 3. The molecule has 6 nitrogen and oxygen atoms in total. The van der Waals surface area contributed by atoms with Crippen molar-refractivity contribution in [1.82, 2.24) is 15.0 Å². The number of nitrogens with one attached hydrogen (secondary N) is 1. The van der Waals surface area contributed by atoms with Crippen molar-refractivity contribution in [3.8, 4) is 22.3 Å². The summed E-state index contributed by atoms with van der Waals surface area (Å²) in [5.41, 5.74) is 3.66. The molecule has 0 fully saturated rings. The molecule has 2 aromatic carbocycles. The first-order valence-electron chi connectivity index (χ1n) is 9.52. The molecule has 4 aromatic rings. The molecule has 0 bridgehead atoms. The van der Waals surface area contributed by atoms with Crippen LogP contribution in [0, 0.1) is 26.6 Å². The second-order valence-electron chi connectivity index (χ2n) is 6.95. The molecule has 8 heteroatoms. The molecule has 156 valence electrons. The zero-order valence-corrected chi connectivity index (χ0v) is 18.0. The van der Waals surface area contributed by atoms with Gasteiger partial charge < -0.3 is 10.1 Å². The number of rotatable bonds is 5. The Hall–Kier alpha value is -3.65. The molecule has 4 rings (SSSR count). The highest BCUT2D eigenvalue weighted by Crippen LogP contribution is 2.29. The van der Waals surface area contributed by atoms with Crippen molar-refractivity contribution >= 4 is 22.9 Å². The van der Waals surface area contributed by atoms with Gasteiger partial charge in [0.25, 0.3) is 5.91 Å². The van der Waals surface area contributed by atoms with Crippen molar-refractivity contribution in [1.29, 1.82) is 0 Å². The van der Waals surface area contributed by atoms with Gasteiger partial charge in [-0.3, -0.25) is 4.79 Å². The summed E-state index contributed by atoms with van der Waals surface area (Å²) in [7, 11) is 0. The van der Waals surface area contributed by atoms with E-state index in [4.69, 9.17) is 4.74 Å². The highest BCUT2D eigenvalue weighted by molar-refractivity contribution is 7.17. The maximum atomic E-state index is 13.1. The lowest BCUT2D eigenvalue weighted by Crippen LogP contribution is -2.11. The number of amides is 1. The van der Waals surface area contributed by atoms with Crippen molar-refractivity contribution in [3.05, 3.63) is 82.4 Å². The third-order valence-electron chi connectivity index (χ3n) is 4.38. The van der Waals surface area contributed by atoms with Gasteiger partial charge in [-0.25, -0.2) is 19.3 Å². The maximum absolute atomic E-state index is 13.1. The van der Waals surface area contributed by atoms with Crippen molar-refractivity contribution in [2.75, 3.05) is 5.32 Å². The summed E-state index contributed by atoms with van der Waals surface area (Å²) in [4.78, 5) is 26.2. The topological polar surface area (TPSA) is 77.0 Å². The van der Waals surface area contributed by atoms with Crippen LogP contribution in [0.3, 0.4) is 0 Å². The number of aryl methyl sites for hydroxylation is 3. The quantitative estimate of drug-likeness (QED) is 0.435. The second-order valence-corrected chi connectivity index (χ2v) is 7.95. The number of halogens is 1. The van der Waals surface area contributed by atoms with Gasteiger partial charge in [0.2, 0.25) is 0 Å². The van der Waals surface area contributed by atoms with Crippen molar-refractivity contribution in [2.45, 2.75) is 20.8 Å². The highest BCUT2D eigenvalue weighted by Gasteiger charge is 2.16. The minimum absolute atomic E-state index is 0.255. The molecule has 0 spiro atoms. The molecule has 0 aliphatic carbocycles. The number of carbonyl (C=O) groups is 1. The fourth-order valence-corrected chi connectivity index (χ4v) is 3.93. The van der Waals surface area contributed by atoms with Crippen molar-refractivity contribution in [3.63, 3.8) is 0 Å². The van der Waals surface area contributed by atoms with Gasteiger partial charge >= 0.3 is 6.01 Å². The number of anilines is 1. The van der Waals surface area contributed by atoms with E-state index in [0.717, 1.165) is 17.0 Å². The molecular weight excluding hydrogens is 415 g/mol. The molecule has 0 atom stereocenters. The van der Waals surface area contributed by atoms with E-state index in [2.05, 4.69) is 20.3 Å². The van der Waals surface area contributed by atoms with Gasteiger partial charge in [-0.2, -0.15) is 0 Å². The van der Waals surface area contributed by atoms with E-state index in [1.165, 1.54) is 23.5 Å². The first kappa shape index (κ1) is 20.6. The van der Waals surface area contributed by atoms with Crippen molar-refractivity contribution in [2.24, 2.45) is 0 Å². The van der Waals surface area contributed by atoms with Crippen LogP contribution in [-0.4, -0.2) is 20.9 Å². The molecule has 2 aromatic heterocycles. The van der Waals surface area contributed by atoms with Crippen LogP contribution in [0.4, 0.5) is 10.1 Å². The molecule has 1 N–H and O–H groups in total. The normalized spacial score (nSPS) is 10.7. The molecule has 0 unspecified atom stereocenters. The van der Waals surface area contributed by atoms with Gasteiger partial charge in [0.1, 0.15) is 21.5 Å². The van der Waals surface area contributed by atoms with E-state index in [9.17, 15) is 9.18 Å². The highest BCUT2D eigenvalue weighted by atomic mass is 32.1. The van der Waals surface area contributed by atoms with Crippen LogP contribution in [0.15, 0.2) is 54.6 Å². The smallest absolute Gasteiger partial charge is 0.322 e.